The van der Waals surface area contributed by atoms with Crippen molar-refractivity contribution >= 4 is 5.97 Å². The van der Waals surface area contributed by atoms with Crippen molar-refractivity contribution in [1.82, 2.24) is 0 Å². The van der Waals surface area contributed by atoms with Crippen molar-refractivity contribution in [1.29, 1.82) is 0 Å². The molecule has 1 heterocycles. The van der Waals surface area contributed by atoms with Gasteiger partial charge in [-0.1, -0.05) is 0 Å². The lowest BCUT2D eigenvalue weighted by molar-refractivity contribution is -0.294. The minimum absolute atomic E-state index is 0.0180. The van der Waals surface area contributed by atoms with Crippen LogP contribution in [0.3, 0.4) is 0 Å². The Morgan fingerprint density at radius 3 is 2.42 bits per heavy atom. The zero-order valence-corrected chi connectivity index (χ0v) is 10.4. The summed E-state index contributed by atoms with van der Waals surface area (Å²) in [5.41, 5.74) is 0. The van der Waals surface area contributed by atoms with E-state index in [0.29, 0.717) is 12.8 Å². The van der Waals surface area contributed by atoms with Crippen molar-refractivity contribution in [2.75, 3.05) is 13.2 Å². The number of unbranched alkanes of at least 4 members (excludes halogenated alkanes) is 1. The fourth-order valence-electron chi connectivity index (χ4n) is 1.86. The van der Waals surface area contributed by atoms with Gasteiger partial charge in [0.2, 0.25) is 0 Å². The number of carboxylic acid groups (broad SMARTS) is 1. The van der Waals surface area contributed by atoms with Crippen LogP contribution in [0.15, 0.2) is 0 Å². The Kier molecular flexibility index (Phi) is 6.63. The van der Waals surface area contributed by atoms with Crippen LogP contribution < -0.4 is 0 Å². The Bertz CT molecular complexity index is 284. The van der Waals surface area contributed by atoms with Crippen LogP contribution in [-0.4, -0.2) is 75.4 Å². The highest BCUT2D eigenvalue weighted by Gasteiger charge is 2.44. The van der Waals surface area contributed by atoms with E-state index >= 15 is 0 Å². The van der Waals surface area contributed by atoms with Gasteiger partial charge in [-0.2, -0.15) is 0 Å². The average molecular weight is 280 g/mol. The maximum Gasteiger partial charge on any atom is 0.303 e. The first-order chi connectivity index (χ1) is 8.97. The molecule has 0 aromatic heterocycles. The molecule has 1 fully saturated rings. The zero-order chi connectivity index (χ0) is 14.4. The van der Waals surface area contributed by atoms with Crippen molar-refractivity contribution < 1.29 is 39.8 Å². The smallest absolute Gasteiger partial charge is 0.303 e. The van der Waals surface area contributed by atoms with Crippen LogP contribution >= 0.6 is 0 Å². The van der Waals surface area contributed by atoms with Crippen molar-refractivity contribution in [3.63, 3.8) is 0 Å². The third-order valence-corrected chi connectivity index (χ3v) is 2.94. The Hall–Kier alpha value is -0.770. The molecule has 8 heteroatoms. The fraction of sp³-hybridized carbons (Fsp3) is 0.909. The number of aliphatic hydroxyl groups excluding tert-OH is 4. The summed E-state index contributed by atoms with van der Waals surface area (Å²) < 4.78 is 10.0. The molecule has 0 radical (unpaired) electrons. The van der Waals surface area contributed by atoms with Gasteiger partial charge in [-0.05, 0) is 12.8 Å². The average Bonchev–Trinajstić information content (AvgIpc) is 2.36. The molecule has 0 spiro atoms. The fourth-order valence-corrected chi connectivity index (χ4v) is 1.86. The molecule has 5 unspecified atom stereocenters. The minimum Gasteiger partial charge on any atom is -0.481 e. The first-order valence-corrected chi connectivity index (χ1v) is 6.11. The van der Waals surface area contributed by atoms with Crippen LogP contribution in [0.4, 0.5) is 0 Å². The van der Waals surface area contributed by atoms with E-state index < -0.39 is 43.3 Å². The molecule has 1 aliphatic rings. The first-order valence-electron chi connectivity index (χ1n) is 6.11. The molecule has 1 aliphatic heterocycles. The second-order valence-electron chi connectivity index (χ2n) is 4.42. The van der Waals surface area contributed by atoms with Crippen molar-refractivity contribution in [2.45, 2.75) is 50.0 Å². The molecule has 5 N–H and O–H groups in total. The van der Waals surface area contributed by atoms with Gasteiger partial charge >= 0.3 is 5.97 Å². The second-order valence-corrected chi connectivity index (χ2v) is 4.42. The van der Waals surface area contributed by atoms with Gasteiger partial charge in [-0.15, -0.1) is 0 Å². The van der Waals surface area contributed by atoms with Gasteiger partial charge in [0.25, 0.3) is 0 Å². The number of aliphatic hydroxyl groups is 4. The maximum absolute atomic E-state index is 10.3. The number of carbonyl (C=O) groups is 1. The van der Waals surface area contributed by atoms with Crippen molar-refractivity contribution in [3.8, 4) is 0 Å². The van der Waals surface area contributed by atoms with Crippen LogP contribution in [0.2, 0.25) is 0 Å². The Morgan fingerprint density at radius 2 is 1.84 bits per heavy atom. The van der Waals surface area contributed by atoms with Crippen LogP contribution in [-0.2, 0) is 14.3 Å². The van der Waals surface area contributed by atoms with Crippen molar-refractivity contribution in [3.05, 3.63) is 0 Å². The molecule has 19 heavy (non-hydrogen) atoms. The lowest BCUT2D eigenvalue weighted by atomic mass is 9.99. The van der Waals surface area contributed by atoms with E-state index in [9.17, 15) is 20.1 Å². The number of ether oxygens (including phenoxy) is 2. The van der Waals surface area contributed by atoms with Crippen LogP contribution in [0.5, 0.6) is 0 Å². The number of hydrogen-bond acceptors (Lipinski definition) is 7. The number of rotatable bonds is 7. The lowest BCUT2D eigenvalue weighted by Gasteiger charge is -2.39. The molecule has 8 nitrogen and oxygen atoms in total. The van der Waals surface area contributed by atoms with Crippen LogP contribution in [0, 0.1) is 0 Å². The Balaban J connectivity index is 2.38. The van der Waals surface area contributed by atoms with E-state index in [-0.39, 0.29) is 13.0 Å². The highest BCUT2D eigenvalue weighted by Crippen LogP contribution is 2.22. The maximum atomic E-state index is 10.3. The van der Waals surface area contributed by atoms with E-state index in [2.05, 4.69) is 0 Å². The van der Waals surface area contributed by atoms with Gasteiger partial charge in [-0.3, -0.25) is 4.79 Å². The summed E-state index contributed by atoms with van der Waals surface area (Å²) in [6.45, 7) is -0.374. The van der Waals surface area contributed by atoms with Gasteiger partial charge in [0.1, 0.15) is 24.4 Å². The SMILES string of the molecule is O=C(O)CCCCOC1C(O)C(O)OC(CO)C1O. The number of hydrogen-bond donors (Lipinski definition) is 5. The van der Waals surface area contributed by atoms with E-state index in [4.69, 9.17) is 19.7 Å². The van der Waals surface area contributed by atoms with E-state index in [1.807, 2.05) is 0 Å². The Morgan fingerprint density at radius 1 is 1.16 bits per heavy atom. The van der Waals surface area contributed by atoms with Crippen molar-refractivity contribution in [2.24, 2.45) is 0 Å². The quantitative estimate of drug-likeness (QED) is 0.340. The molecule has 5 atom stereocenters. The summed E-state index contributed by atoms with van der Waals surface area (Å²) in [5, 5.41) is 46.2. The molecule has 0 aromatic rings. The first kappa shape index (κ1) is 16.3. The Labute approximate surface area is 110 Å². The normalized spacial score (nSPS) is 35.3. The molecule has 0 saturated carbocycles. The summed E-state index contributed by atoms with van der Waals surface area (Å²) in [4.78, 5) is 10.3. The van der Waals surface area contributed by atoms with Gasteiger partial charge < -0.3 is 35.0 Å². The van der Waals surface area contributed by atoms with Gasteiger partial charge in [0.15, 0.2) is 6.29 Å². The third kappa shape index (κ3) is 4.68. The predicted octanol–water partition coefficient (Wildman–Crippen LogP) is -1.94. The zero-order valence-electron chi connectivity index (χ0n) is 10.4. The largest absolute Gasteiger partial charge is 0.481 e. The second kappa shape index (κ2) is 7.73. The van der Waals surface area contributed by atoms with Crippen LogP contribution in [0.25, 0.3) is 0 Å². The van der Waals surface area contributed by atoms with Gasteiger partial charge in [0.05, 0.1) is 6.61 Å². The standard InChI is InChI=1S/C11H20O8/c12-5-6-8(15)10(9(16)11(17)19-6)18-4-2-1-3-7(13)14/h6,8-12,15-17H,1-5H2,(H,13,14). The molecule has 0 amide bonds. The summed E-state index contributed by atoms with van der Waals surface area (Å²) in [6, 6.07) is 0. The van der Waals surface area contributed by atoms with Gasteiger partial charge in [0, 0.05) is 13.0 Å². The van der Waals surface area contributed by atoms with Gasteiger partial charge in [-0.25, -0.2) is 0 Å². The van der Waals surface area contributed by atoms with E-state index in [1.165, 1.54) is 0 Å². The minimum atomic E-state index is -1.54. The topological polar surface area (TPSA) is 137 Å². The molecule has 0 aliphatic carbocycles. The molecular weight excluding hydrogens is 260 g/mol. The molecule has 0 aromatic carbocycles. The molecule has 112 valence electrons. The lowest BCUT2D eigenvalue weighted by Crippen LogP contribution is -2.59. The van der Waals surface area contributed by atoms with E-state index in [1.54, 1.807) is 0 Å². The summed E-state index contributed by atoms with van der Waals surface area (Å²) in [5.74, 6) is -0.901. The summed E-state index contributed by atoms with van der Waals surface area (Å²) in [6.07, 6.45) is -5.44. The summed E-state index contributed by atoms with van der Waals surface area (Å²) in [7, 11) is 0. The monoisotopic (exact) mass is 280 g/mol. The molecule has 1 rings (SSSR count). The highest BCUT2D eigenvalue weighted by atomic mass is 16.6. The summed E-state index contributed by atoms with van der Waals surface area (Å²) >= 11 is 0. The molecular formula is C11H20O8. The highest BCUT2D eigenvalue weighted by molar-refractivity contribution is 5.66. The van der Waals surface area contributed by atoms with E-state index in [0.717, 1.165) is 0 Å². The van der Waals surface area contributed by atoms with Crippen LogP contribution in [0.1, 0.15) is 19.3 Å². The molecule has 0 bridgehead atoms. The number of aliphatic carboxylic acids is 1. The predicted molar refractivity (Wildman–Crippen MR) is 61.2 cm³/mol. The number of carboxylic acids is 1. The molecule has 1 saturated heterocycles. The third-order valence-electron chi connectivity index (χ3n) is 2.94.